The summed E-state index contributed by atoms with van der Waals surface area (Å²) in [7, 11) is 0. The lowest BCUT2D eigenvalue weighted by Gasteiger charge is -2.28. The van der Waals surface area contributed by atoms with E-state index < -0.39 is 0 Å². The van der Waals surface area contributed by atoms with E-state index in [0.717, 1.165) is 34.0 Å². The lowest BCUT2D eigenvalue weighted by atomic mass is 9.96. The predicted molar refractivity (Wildman–Crippen MR) is 152 cm³/mol. The fourth-order valence-corrected chi connectivity index (χ4v) is 5.53. The number of anilines is 1. The predicted octanol–water partition coefficient (Wildman–Crippen LogP) is 5.80. The molecular weight excluding hydrogens is 478 g/mol. The minimum absolute atomic E-state index is 0.0353. The summed E-state index contributed by atoms with van der Waals surface area (Å²) < 4.78 is 2.27. The van der Waals surface area contributed by atoms with Gasteiger partial charge < -0.3 is 20.1 Å². The minimum Gasteiger partial charge on any atom is -0.352 e. The molecule has 2 atom stereocenters. The third kappa shape index (κ3) is 5.00. The molecule has 5 rings (SSSR count). The van der Waals surface area contributed by atoms with Crippen LogP contribution in [0.25, 0.3) is 5.69 Å². The lowest BCUT2D eigenvalue weighted by molar-refractivity contribution is -0.116. The molecule has 6 nitrogen and oxygen atoms in total. The summed E-state index contributed by atoms with van der Waals surface area (Å²) >= 11 is 5.82. The molecule has 2 N–H and O–H groups in total. The number of carbonyl (C=O) groups excluding carboxylic acids is 1. The third-order valence-electron chi connectivity index (χ3n) is 7.00. The molecule has 0 radical (unpaired) electrons. The molecule has 2 aromatic carbocycles. The molecule has 1 fully saturated rings. The fraction of sp³-hybridized carbons (Fsp3) is 0.233. The molecule has 0 bridgehead atoms. The van der Waals surface area contributed by atoms with Gasteiger partial charge in [-0.25, -0.2) is 0 Å². The van der Waals surface area contributed by atoms with Crippen LogP contribution >= 0.6 is 12.2 Å². The van der Waals surface area contributed by atoms with Crippen LogP contribution in [0.15, 0.2) is 85.1 Å². The van der Waals surface area contributed by atoms with E-state index >= 15 is 0 Å². The second-order valence-corrected chi connectivity index (χ2v) is 9.82. The third-order valence-corrected chi connectivity index (χ3v) is 7.35. The average Bonchev–Trinajstić information content (AvgIpc) is 3.39. The van der Waals surface area contributed by atoms with Gasteiger partial charge in [0.25, 0.3) is 0 Å². The second kappa shape index (κ2) is 10.6. The van der Waals surface area contributed by atoms with Crippen molar-refractivity contribution < 1.29 is 4.79 Å². The Labute approximate surface area is 223 Å². The zero-order valence-corrected chi connectivity index (χ0v) is 22.1. The first-order valence-electron chi connectivity index (χ1n) is 12.5. The zero-order chi connectivity index (χ0) is 25.9. The average molecular weight is 510 g/mol. The van der Waals surface area contributed by atoms with E-state index in [-0.39, 0.29) is 18.0 Å². The van der Waals surface area contributed by atoms with Gasteiger partial charge in [0.1, 0.15) is 0 Å². The van der Waals surface area contributed by atoms with Gasteiger partial charge in [0.15, 0.2) is 5.11 Å². The summed E-state index contributed by atoms with van der Waals surface area (Å²) in [6, 6.07) is 26.1. The molecule has 0 spiro atoms. The summed E-state index contributed by atoms with van der Waals surface area (Å²) in [6.45, 7) is 6.76. The van der Waals surface area contributed by atoms with Crippen LogP contribution in [0.1, 0.15) is 46.7 Å². The van der Waals surface area contributed by atoms with Gasteiger partial charge in [-0.05, 0) is 80.5 Å². The fourth-order valence-electron chi connectivity index (χ4n) is 5.19. The maximum absolute atomic E-state index is 12.9. The molecule has 1 aliphatic heterocycles. The van der Waals surface area contributed by atoms with Crippen LogP contribution in [0.3, 0.4) is 0 Å². The summed E-state index contributed by atoms with van der Waals surface area (Å²) in [6.07, 6.45) is 2.13. The molecule has 188 valence electrons. The number of nitrogens with zero attached hydrogens (tertiary/aromatic N) is 3. The van der Waals surface area contributed by atoms with Gasteiger partial charge in [0.2, 0.25) is 5.91 Å². The number of rotatable bonds is 7. The summed E-state index contributed by atoms with van der Waals surface area (Å²) in [5.74, 6) is -0.0353. The highest BCUT2D eigenvalue weighted by Gasteiger charge is 2.41. The first-order valence-corrected chi connectivity index (χ1v) is 12.9. The molecule has 1 aliphatic rings. The van der Waals surface area contributed by atoms with Crippen LogP contribution in [-0.4, -0.2) is 32.0 Å². The van der Waals surface area contributed by atoms with E-state index in [9.17, 15) is 4.79 Å². The number of aromatic nitrogens is 2. The van der Waals surface area contributed by atoms with E-state index in [4.69, 9.17) is 12.2 Å². The normalized spacial score (nSPS) is 17.1. The van der Waals surface area contributed by atoms with Crippen LogP contribution in [0.4, 0.5) is 5.69 Å². The molecule has 0 saturated carbocycles. The molecular formula is C30H31N5OS. The Balaban J connectivity index is 1.47. The minimum atomic E-state index is -0.127. The van der Waals surface area contributed by atoms with Gasteiger partial charge in [-0.1, -0.05) is 42.5 Å². The van der Waals surface area contributed by atoms with Gasteiger partial charge in [-0.15, -0.1) is 0 Å². The van der Waals surface area contributed by atoms with Crippen molar-refractivity contribution in [3.8, 4) is 5.69 Å². The number of pyridine rings is 1. The molecule has 1 amide bonds. The van der Waals surface area contributed by atoms with Crippen LogP contribution in [0.2, 0.25) is 0 Å². The summed E-state index contributed by atoms with van der Waals surface area (Å²) in [5, 5.41) is 7.18. The standard InChI is InChI=1S/C30H31N5OS/c1-20-11-7-8-14-25(20)32-27(36)16-18-34-29(28(33-30(34)37)26-15-9-10-17-31-26)24-19-21(2)35(22(24)3)23-12-5-4-6-13-23/h4-15,17,19,28-29H,16,18H2,1-3H3,(H,32,36)(H,33,37)/t28-,29+/m1/s1. The summed E-state index contributed by atoms with van der Waals surface area (Å²) in [5.41, 5.74) is 7.38. The number of hydrogen-bond donors (Lipinski definition) is 2. The number of amides is 1. The number of nitrogens with one attached hydrogen (secondary N) is 2. The zero-order valence-electron chi connectivity index (χ0n) is 21.3. The topological polar surface area (TPSA) is 62.2 Å². The van der Waals surface area contributed by atoms with Crippen LogP contribution in [-0.2, 0) is 4.79 Å². The largest absolute Gasteiger partial charge is 0.352 e. The Morgan fingerprint density at radius 2 is 1.73 bits per heavy atom. The van der Waals surface area contributed by atoms with Crippen molar-refractivity contribution in [2.24, 2.45) is 0 Å². The highest BCUT2D eigenvalue weighted by Crippen LogP contribution is 2.41. The smallest absolute Gasteiger partial charge is 0.226 e. The number of benzene rings is 2. The van der Waals surface area contributed by atoms with Crippen molar-refractivity contribution in [2.45, 2.75) is 39.3 Å². The number of hydrogen-bond acceptors (Lipinski definition) is 3. The molecule has 7 heteroatoms. The number of para-hydroxylation sites is 2. The Hall–Kier alpha value is -3.97. The second-order valence-electron chi connectivity index (χ2n) is 9.43. The monoisotopic (exact) mass is 509 g/mol. The van der Waals surface area contributed by atoms with E-state index in [1.165, 1.54) is 5.56 Å². The van der Waals surface area contributed by atoms with E-state index in [0.29, 0.717) is 18.1 Å². The lowest BCUT2D eigenvalue weighted by Crippen LogP contribution is -2.33. The highest BCUT2D eigenvalue weighted by atomic mass is 32.1. The van der Waals surface area contributed by atoms with E-state index in [2.05, 4.69) is 69.3 Å². The molecule has 37 heavy (non-hydrogen) atoms. The van der Waals surface area contributed by atoms with Crippen molar-refractivity contribution in [2.75, 3.05) is 11.9 Å². The molecule has 4 aromatic rings. The molecule has 3 heterocycles. The quantitative estimate of drug-likeness (QED) is 0.309. The molecule has 1 saturated heterocycles. The number of thiocarbonyl (C=S) groups is 1. The van der Waals surface area contributed by atoms with Gasteiger partial charge in [0.05, 0.1) is 17.8 Å². The van der Waals surface area contributed by atoms with Gasteiger partial charge >= 0.3 is 0 Å². The Morgan fingerprint density at radius 1 is 1.00 bits per heavy atom. The Morgan fingerprint density at radius 3 is 2.46 bits per heavy atom. The van der Waals surface area contributed by atoms with Crippen molar-refractivity contribution in [1.82, 2.24) is 19.8 Å². The van der Waals surface area contributed by atoms with Crippen LogP contribution in [0.5, 0.6) is 0 Å². The Kier molecular flexibility index (Phi) is 7.06. The first-order chi connectivity index (χ1) is 17.9. The Bertz CT molecular complexity index is 1420. The van der Waals surface area contributed by atoms with Crippen molar-refractivity contribution in [3.05, 3.63) is 113 Å². The number of aryl methyl sites for hydroxylation is 2. The SMILES string of the molecule is Cc1ccccc1NC(=O)CCN1C(=S)N[C@H](c2ccccn2)[C@@H]1c1cc(C)n(-c2ccccc2)c1C. The van der Waals surface area contributed by atoms with Crippen LogP contribution in [0, 0.1) is 20.8 Å². The van der Waals surface area contributed by atoms with Crippen molar-refractivity contribution in [3.63, 3.8) is 0 Å². The maximum Gasteiger partial charge on any atom is 0.226 e. The first kappa shape index (κ1) is 24.7. The van der Waals surface area contributed by atoms with Crippen molar-refractivity contribution in [1.29, 1.82) is 0 Å². The molecule has 2 aromatic heterocycles. The van der Waals surface area contributed by atoms with Crippen LogP contribution < -0.4 is 10.6 Å². The highest BCUT2D eigenvalue weighted by molar-refractivity contribution is 7.80. The summed E-state index contributed by atoms with van der Waals surface area (Å²) in [4.78, 5) is 19.7. The maximum atomic E-state index is 12.9. The molecule has 0 aliphatic carbocycles. The van der Waals surface area contributed by atoms with Gasteiger partial charge in [-0.2, -0.15) is 0 Å². The van der Waals surface area contributed by atoms with Gasteiger partial charge in [0, 0.05) is 41.9 Å². The van der Waals surface area contributed by atoms with Crippen molar-refractivity contribution >= 4 is 28.9 Å². The van der Waals surface area contributed by atoms with E-state index in [1.807, 2.05) is 61.7 Å². The molecule has 0 unspecified atom stereocenters. The van der Waals surface area contributed by atoms with E-state index in [1.54, 1.807) is 0 Å². The number of carbonyl (C=O) groups is 1. The van der Waals surface area contributed by atoms with Gasteiger partial charge in [-0.3, -0.25) is 9.78 Å².